The minimum absolute atomic E-state index is 0.426. The maximum Gasteiger partial charge on any atom is 0.161 e. The van der Waals surface area contributed by atoms with Crippen LogP contribution in [-0.4, -0.2) is 68.8 Å². The van der Waals surface area contributed by atoms with Gasteiger partial charge in [-0.05, 0) is 57.5 Å². The van der Waals surface area contributed by atoms with E-state index in [-0.39, 0.29) is 0 Å². The Labute approximate surface area is 152 Å². The lowest BCUT2D eigenvalue weighted by atomic mass is 10.0. The number of piperazine rings is 1. The molecule has 5 heteroatoms. The van der Waals surface area contributed by atoms with Crippen molar-refractivity contribution in [3.05, 3.63) is 23.8 Å². The van der Waals surface area contributed by atoms with Crippen molar-refractivity contribution in [2.45, 2.75) is 32.7 Å². The number of hydrogen-bond acceptors (Lipinski definition) is 5. The number of ether oxygens (including phenoxy) is 2. The highest BCUT2D eigenvalue weighted by Crippen LogP contribution is 2.33. The molecule has 1 atom stereocenters. The lowest BCUT2D eigenvalue weighted by Gasteiger charge is -2.37. The van der Waals surface area contributed by atoms with Gasteiger partial charge in [0.15, 0.2) is 11.5 Å². The van der Waals surface area contributed by atoms with Gasteiger partial charge < -0.3 is 19.7 Å². The molecule has 3 rings (SSSR count). The molecule has 2 fully saturated rings. The van der Waals surface area contributed by atoms with Crippen molar-refractivity contribution in [2.24, 2.45) is 0 Å². The Morgan fingerprint density at radius 2 is 1.64 bits per heavy atom. The fourth-order valence-electron chi connectivity index (χ4n) is 3.91. The van der Waals surface area contributed by atoms with Gasteiger partial charge in [-0.25, -0.2) is 0 Å². The van der Waals surface area contributed by atoms with Gasteiger partial charge in [-0.3, -0.25) is 4.90 Å². The molecule has 1 N–H and O–H groups in total. The van der Waals surface area contributed by atoms with Crippen LogP contribution in [0.5, 0.6) is 11.5 Å². The van der Waals surface area contributed by atoms with Crippen molar-refractivity contribution in [1.29, 1.82) is 0 Å². The van der Waals surface area contributed by atoms with Gasteiger partial charge in [0.05, 0.1) is 13.2 Å². The average molecular weight is 348 g/mol. The smallest absolute Gasteiger partial charge is 0.161 e. The molecular formula is C20H33N3O2. The molecule has 0 spiro atoms. The minimum atomic E-state index is 0.426. The number of hydrogen-bond donors (Lipinski definition) is 1. The molecule has 25 heavy (non-hydrogen) atoms. The lowest BCUT2D eigenvalue weighted by molar-refractivity contribution is 0.135. The Morgan fingerprint density at radius 1 is 0.960 bits per heavy atom. The Kier molecular flexibility index (Phi) is 6.96. The number of benzene rings is 1. The summed E-state index contributed by atoms with van der Waals surface area (Å²) in [5.41, 5.74) is 1.35. The van der Waals surface area contributed by atoms with Crippen molar-refractivity contribution >= 4 is 0 Å². The second-order valence-corrected chi connectivity index (χ2v) is 6.88. The molecule has 0 radical (unpaired) electrons. The van der Waals surface area contributed by atoms with Crippen LogP contribution in [0.3, 0.4) is 0 Å². The molecule has 140 valence electrons. The maximum atomic E-state index is 5.87. The lowest BCUT2D eigenvalue weighted by Crippen LogP contribution is -2.47. The number of likely N-dealkylation sites (tertiary alicyclic amines) is 1. The second-order valence-electron chi connectivity index (χ2n) is 6.88. The van der Waals surface area contributed by atoms with E-state index in [1.165, 1.54) is 31.5 Å². The van der Waals surface area contributed by atoms with Crippen LogP contribution in [0.4, 0.5) is 0 Å². The fraction of sp³-hybridized carbons (Fsp3) is 0.700. The van der Waals surface area contributed by atoms with E-state index in [0.717, 1.165) is 44.2 Å². The van der Waals surface area contributed by atoms with E-state index in [9.17, 15) is 0 Å². The van der Waals surface area contributed by atoms with Crippen LogP contribution in [0.15, 0.2) is 18.2 Å². The first-order chi connectivity index (χ1) is 12.3. The van der Waals surface area contributed by atoms with E-state index >= 15 is 0 Å². The van der Waals surface area contributed by atoms with Crippen LogP contribution in [-0.2, 0) is 0 Å². The van der Waals surface area contributed by atoms with Crippen molar-refractivity contribution in [3.8, 4) is 11.5 Å². The van der Waals surface area contributed by atoms with Crippen LogP contribution in [0, 0.1) is 0 Å². The molecule has 2 aliphatic rings. The highest BCUT2D eigenvalue weighted by molar-refractivity contribution is 5.44. The second kappa shape index (κ2) is 9.41. The molecule has 2 aliphatic heterocycles. The molecule has 5 nitrogen and oxygen atoms in total. The first-order valence-corrected chi connectivity index (χ1v) is 9.88. The molecule has 0 aromatic heterocycles. The summed E-state index contributed by atoms with van der Waals surface area (Å²) in [6.45, 7) is 13.3. The van der Waals surface area contributed by atoms with Gasteiger partial charge in [0.2, 0.25) is 0 Å². The summed E-state index contributed by atoms with van der Waals surface area (Å²) in [6.07, 6.45) is 2.67. The fourth-order valence-corrected chi connectivity index (χ4v) is 3.91. The highest BCUT2D eigenvalue weighted by atomic mass is 16.5. The zero-order valence-electron chi connectivity index (χ0n) is 15.8. The molecule has 0 amide bonds. The van der Waals surface area contributed by atoms with Gasteiger partial charge in [-0.1, -0.05) is 6.07 Å². The largest absolute Gasteiger partial charge is 0.490 e. The van der Waals surface area contributed by atoms with Crippen LogP contribution in [0.1, 0.15) is 38.3 Å². The van der Waals surface area contributed by atoms with E-state index in [0.29, 0.717) is 19.3 Å². The van der Waals surface area contributed by atoms with Gasteiger partial charge in [-0.15, -0.1) is 0 Å². The Morgan fingerprint density at radius 3 is 2.32 bits per heavy atom. The van der Waals surface area contributed by atoms with E-state index < -0.39 is 0 Å². The van der Waals surface area contributed by atoms with Crippen molar-refractivity contribution in [3.63, 3.8) is 0 Å². The van der Waals surface area contributed by atoms with Gasteiger partial charge in [0, 0.05) is 38.8 Å². The standard InChI is InChI=1S/C20H33N3O2/c1-3-24-19-8-7-17(15-20(19)25-4-2)18(16-22-11-5-6-12-22)23-13-9-21-10-14-23/h7-8,15,18,21H,3-6,9-14,16H2,1-2H3. The van der Waals surface area contributed by atoms with E-state index in [4.69, 9.17) is 9.47 Å². The van der Waals surface area contributed by atoms with Crippen LogP contribution in [0.2, 0.25) is 0 Å². The molecule has 0 bridgehead atoms. The van der Waals surface area contributed by atoms with Crippen molar-refractivity contribution in [2.75, 3.05) is 59.0 Å². The Hall–Kier alpha value is -1.30. The third-order valence-corrected chi connectivity index (χ3v) is 5.17. The first-order valence-electron chi connectivity index (χ1n) is 9.88. The first kappa shape index (κ1) is 18.5. The summed E-state index contributed by atoms with van der Waals surface area (Å²) < 4.78 is 11.6. The molecular weight excluding hydrogens is 314 g/mol. The summed E-state index contributed by atoms with van der Waals surface area (Å²) in [7, 11) is 0. The van der Waals surface area contributed by atoms with Gasteiger partial charge in [-0.2, -0.15) is 0 Å². The van der Waals surface area contributed by atoms with E-state index in [1.54, 1.807) is 0 Å². The maximum absolute atomic E-state index is 5.87. The third kappa shape index (κ3) is 4.87. The number of nitrogens with zero attached hydrogens (tertiary/aromatic N) is 2. The van der Waals surface area contributed by atoms with Crippen molar-refractivity contribution in [1.82, 2.24) is 15.1 Å². The summed E-state index contributed by atoms with van der Waals surface area (Å²) in [5, 5.41) is 3.47. The predicted octanol–water partition coefficient (Wildman–Crippen LogP) is 2.53. The number of rotatable bonds is 8. The van der Waals surface area contributed by atoms with E-state index in [2.05, 4.69) is 33.3 Å². The normalized spacial score (nSPS) is 20.6. The molecule has 2 saturated heterocycles. The molecule has 2 heterocycles. The van der Waals surface area contributed by atoms with E-state index in [1.807, 2.05) is 13.8 Å². The van der Waals surface area contributed by atoms with Crippen LogP contribution >= 0.6 is 0 Å². The van der Waals surface area contributed by atoms with Crippen LogP contribution in [0.25, 0.3) is 0 Å². The molecule has 0 aliphatic carbocycles. The van der Waals surface area contributed by atoms with Crippen molar-refractivity contribution < 1.29 is 9.47 Å². The summed E-state index contributed by atoms with van der Waals surface area (Å²) >= 11 is 0. The monoisotopic (exact) mass is 347 g/mol. The quantitative estimate of drug-likeness (QED) is 0.782. The molecule has 1 unspecified atom stereocenters. The summed E-state index contributed by atoms with van der Waals surface area (Å²) in [5.74, 6) is 1.73. The molecule has 1 aromatic carbocycles. The van der Waals surface area contributed by atoms with Gasteiger partial charge in [0.1, 0.15) is 0 Å². The van der Waals surface area contributed by atoms with Gasteiger partial charge >= 0.3 is 0 Å². The summed E-state index contributed by atoms with van der Waals surface area (Å²) in [6, 6.07) is 6.95. The third-order valence-electron chi connectivity index (χ3n) is 5.17. The topological polar surface area (TPSA) is 37.0 Å². The zero-order valence-corrected chi connectivity index (χ0v) is 15.8. The predicted molar refractivity (Wildman–Crippen MR) is 102 cm³/mol. The Balaban J connectivity index is 1.83. The zero-order chi connectivity index (χ0) is 17.5. The average Bonchev–Trinajstić information content (AvgIpc) is 3.16. The molecule has 1 aromatic rings. The molecule has 0 saturated carbocycles. The Bertz CT molecular complexity index is 526. The number of nitrogens with one attached hydrogen (secondary N) is 1. The summed E-state index contributed by atoms with van der Waals surface area (Å²) in [4.78, 5) is 5.24. The van der Waals surface area contributed by atoms with Gasteiger partial charge in [0.25, 0.3) is 0 Å². The SMILES string of the molecule is CCOc1ccc(C(CN2CCCC2)N2CCNCC2)cc1OCC. The highest BCUT2D eigenvalue weighted by Gasteiger charge is 2.26. The minimum Gasteiger partial charge on any atom is -0.490 e. The van der Waals surface area contributed by atoms with Crippen LogP contribution < -0.4 is 14.8 Å².